The minimum atomic E-state index is -0.00229. The topological polar surface area (TPSA) is 32.3 Å². The van der Waals surface area contributed by atoms with Crippen LogP contribution in [0.15, 0.2) is 29.2 Å². The maximum Gasteiger partial charge on any atom is 0.251 e. The molecule has 1 fully saturated rings. The molecule has 1 aliphatic rings. The second-order valence-corrected chi connectivity index (χ2v) is 4.87. The van der Waals surface area contributed by atoms with E-state index >= 15 is 0 Å². The predicted octanol–water partition coefficient (Wildman–Crippen LogP) is 1.80. The van der Waals surface area contributed by atoms with Gasteiger partial charge in [0.2, 0.25) is 0 Å². The van der Waals surface area contributed by atoms with Gasteiger partial charge in [-0.2, -0.15) is 0 Å². The Morgan fingerprint density at radius 2 is 1.88 bits per heavy atom. The van der Waals surface area contributed by atoms with E-state index in [0.717, 1.165) is 18.0 Å². The van der Waals surface area contributed by atoms with Gasteiger partial charge in [0.05, 0.1) is 0 Å². The largest absolute Gasteiger partial charge is 0.351 e. The van der Waals surface area contributed by atoms with E-state index in [0.29, 0.717) is 5.56 Å². The van der Waals surface area contributed by atoms with Crippen molar-refractivity contribution in [3.63, 3.8) is 0 Å². The minimum Gasteiger partial charge on any atom is -0.351 e. The number of hydrogen-bond donors (Lipinski definition) is 2. The SMILES string of the molecule is O=C(NCCN1CCCC1)c1ccc(S)cc1. The summed E-state index contributed by atoms with van der Waals surface area (Å²) in [5, 5.41) is 2.94. The number of nitrogens with one attached hydrogen (secondary N) is 1. The van der Waals surface area contributed by atoms with Crippen molar-refractivity contribution in [2.75, 3.05) is 26.2 Å². The Balaban J connectivity index is 1.75. The van der Waals surface area contributed by atoms with Crippen molar-refractivity contribution in [2.24, 2.45) is 0 Å². The molecule has 0 aliphatic carbocycles. The highest BCUT2D eigenvalue weighted by molar-refractivity contribution is 7.80. The third kappa shape index (κ3) is 3.75. The monoisotopic (exact) mass is 250 g/mol. The van der Waals surface area contributed by atoms with E-state index in [2.05, 4.69) is 22.8 Å². The van der Waals surface area contributed by atoms with E-state index in [4.69, 9.17) is 0 Å². The summed E-state index contributed by atoms with van der Waals surface area (Å²) in [6.45, 7) is 4.02. The van der Waals surface area contributed by atoms with E-state index in [1.165, 1.54) is 25.9 Å². The lowest BCUT2D eigenvalue weighted by molar-refractivity contribution is 0.0949. The molecule has 4 heteroatoms. The van der Waals surface area contributed by atoms with E-state index in [1.54, 1.807) is 12.1 Å². The van der Waals surface area contributed by atoms with Gasteiger partial charge in [-0.05, 0) is 50.2 Å². The minimum absolute atomic E-state index is 0.00229. The van der Waals surface area contributed by atoms with E-state index in [-0.39, 0.29) is 5.91 Å². The number of carbonyl (C=O) groups is 1. The van der Waals surface area contributed by atoms with Crippen LogP contribution in [0, 0.1) is 0 Å². The molecule has 1 aromatic rings. The van der Waals surface area contributed by atoms with Gasteiger partial charge < -0.3 is 10.2 Å². The fourth-order valence-electron chi connectivity index (χ4n) is 2.05. The summed E-state index contributed by atoms with van der Waals surface area (Å²) in [7, 11) is 0. The third-order valence-electron chi connectivity index (χ3n) is 3.04. The average molecular weight is 250 g/mol. The van der Waals surface area contributed by atoms with Crippen molar-refractivity contribution in [3.8, 4) is 0 Å². The summed E-state index contributed by atoms with van der Waals surface area (Å²) < 4.78 is 0. The molecule has 1 N–H and O–H groups in total. The van der Waals surface area contributed by atoms with E-state index < -0.39 is 0 Å². The van der Waals surface area contributed by atoms with Crippen LogP contribution in [0.3, 0.4) is 0 Å². The number of thiol groups is 1. The first-order valence-electron chi connectivity index (χ1n) is 6.05. The van der Waals surface area contributed by atoms with Crippen molar-refractivity contribution in [1.82, 2.24) is 10.2 Å². The molecular formula is C13H18N2OS. The molecular weight excluding hydrogens is 232 g/mol. The molecule has 1 aromatic carbocycles. The Morgan fingerprint density at radius 3 is 2.53 bits per heavy atom. The molecule has 0 saturated carbocycles. The molecule has 92 valence electrons. The molecule has 0 bridgehead atoms. The first-order chi connectivity index (χ1) is 8.25. The molecule has 0 spiro atoms. The van der Waals surface area contributed by atoms with Gasteiger partial charge in [0.25, 0.3) is 5.91 Å². The summed E-state index contributed by atoms with van der Waals surface area (Å²) >= 11 is 4.19. The van der Waals surface area contributed by atoms with Gasteiger partial charge in [0, 0.05) is 23.5 Å². The van der Waals surface area contributed by atoms with E-state index in [1.807, 2.05) is 12.1 Å². The Kier molecular flexibility index (Phi) is 4.45. The second kappa shape index (κ2) is 6.07. The Morgan fingerprint density at radius 1 is 1.24 bits per heavy atom. The molecule has 1 saturated heterocycles. The highest BCUT2D eigenvalue weighted by Crippen LogP contribution is 2.08. The van der Waals surface area contributed by atoms with Crippen LogP contribution < -0.4 is 5.32 Å². The van der Waals surface area contributed by atoms with Crippen molar-refractivity contribution < 1.29 is 4.79 Å². The molecule has 2 rings (SSSR count). The number of hydrogen-bond acceptors (Lipinski definition) is 3. The summed E-state index contributed by atoms with van der Waals surface area (Å²) in [4.78, 5) is 15.0. The maximum atomic E-state index is 11.8. The van der Waals surface area contributed by atoms with Crippen LogP contribution in [0.25, 0.3) is 0 Å². The molecule has 0 unspecified atom stereocenters. The molecule has 1 aliphatic heterocycles. The Bertz CT molecular complexity index is 372. The zero-order chi connectivity index (χ0) is 12.1. The van der Waals surface area contributed by atoms with Crippen LogP contribution >= 0.6 is 12.6 Å². The third-order valence-corrected chi connectivity index (χ3v) is 3.34. The summed E-state index contributed by atoms with van der Waals surface area (Å²) in [5.74, 6) is -0.00229. The van der Waals surface area contributed by atoms with Gasteiger partial charge in [-0.25, -0.2) is 0 Å². The normalized spacial score (nSPS) is 16.1. The smallest absolute Gasteiger partial charge is 0.251 e. The summed E-state index contributed by atoms with van der Waals surface area (Å²) in [6, 6.07) is 7.26. The van der Waals surface area contributed by atoms with Gasteiger partial charge in [-0.1, -0.05) is 0 Å². The number of amides is 1. The predicted molar refractivity (Wildman–Crippen MR) is 71.7 cm³/mol. The molecule has 0 atom stereocenters. The second-order valence-electron chi connectivity index (χ2n) is 4.35. The summed E-state index contributed by atoms with van der Waals surface area (Å²) in [6.07, 6.45) is 2.58. The van der Waals surface area contributed by atoms with Crippen LogP contribution in [0.1, 0.15) is 23.2 Å². The van der Waals surface area contributed by atoms with Crippen molar-refractivity contribution in [3.05, 3.63) is 29.8 Å². The lowest BCUT2D eigenvalue weighted by Crippen LogP contribution is -2.33. The lowest BCUT2D eigenvalue weighted by atomic mass is 10.2. The molecule has 17 heavy (non-hydrogen) atoms. The zero-order valence-electron chi connectivity index (χ0n) is 9.85. The maximum absolute atomic E-state index is 11.8. The molecule has 3 nitrogen and oxygen atoms in total. The van der Waals surface area contributed by atoms with Crippen molar-refractivity contribution >= 4 is 18.5 Å². The molecule has 0 aromatic heterocycles. The Labute approximate surface area is 108 Å². The van der Waals surface area contributed by atoms with Crippen LogP contribution in [0.4, 0.5) is 0 Å². The van der Waals surface area contributed by atoms with Crippen LogP contribution in [-0.2, 0) is 0 Å². The number of nitrogens with zero attached hydrogens (tertiary/aromatic N) is 1. The molecule has 0 radical (unpaired) electrons. The van der Waals surface area contributed by atoms with Crippen LogP contribution in [-0.4, -0.2) is 37.0 Å². The van der Waals surface area contributed by atoms with E-state index in [9.17, 15) is 4.79 Å². The van der Waals surface area contributed by atoms with Gasteiger partial charge in [-0.15, -0.1) is 12.6 Å². The molecule has 1 heterocycles. The Hall–Kier alpha value is -1.00. The summed E-state index contributed by atoms with van der Waals surface area (Å²) in [5.41, 5.74) is 0.698. The zero-order valence-corrected chi connectivity index (χ0v) is 10.7. The number of carbonyl (C=O) groups excluding carboxylic acids is 1. The average Bonchev–Trinajstić information content (AvgIpc) is 2.83. The molecule has 1 amide bonds. The van der Waals surface area contributed by atoms with Crippen LogP contribution in [0.2, 0.25) is 0 Å². The van der Waals surface area contributed by atoms with Gasteiger partial charge in [0.1, 0.15) is 0 Å². The van der Waals surface area contributed by atoms with Gasteiger partial charge in [0.15, 0.2) is 0 Å². The fourth-order valence-corrected chi connectivity index (χ4v) is 2.20. The highest BCUT2D eigenvalue weighted by atomic mass is 32.1. The van der Waals surface area contributed by atoms with Gasteiger partial charge in [-0.3, -0.25) is 4.79 Å². The first kappa shape index (κ1) is 12.5. The lowest BCUT2D eigenvalue weighted by Gasteiger charge is -2.14. The number of rotatable bonds is 4. The number of likely N-dealkylation sites (tertiary alicyclic amines) is 1. The van der Waals surface area contributed by atoms with Gasteiger partial charge >= 0.3 is 0 Å². The number of benzene rings is 1. The van der Waals surface area contributed by atoms with Crippen LogP contribution in [0.5, 0.6) is 0 Å². The van der Waals surface area contributed by atoms with Crippen molar-refractivity contribution in [2.45, 2.75) is 17.7 Å². The highest BCUT2D eigenvalue weighted by Gasteiger charge is 2.11. The standard InChI is InChI=1S/C13H18N2OS/c16-13(11-3-5-12(17)6-4-11)14-7-10-15-8-1-2-9-15/h3-6,17H,1-2,7-10H2,(H,14,16). The fraction of sp³-hybridized carbons (Fsp3) is 0.462. The first-order valence-corrected chi connectivity index (χ1v) is 6.50. The quantitative estimate of drug-likeness (QED) is 0.799. The van der Waals surface area contributed by atoms with Crippen molar-refractivity contribution in [1.29, 1.82) is 0 Å².